The second-order valence-electron chi connectivity index (χ2n) is 2.11. The van der Waals surface area contributed by atoms with Crippen LogP contribution in [-0.2, 0) is 39.9 Å². The average molecular weight is 415 g/mol. The number of rotatable bonds is 1. The Morgan fingerprint density at radius 1 is 1.00 bits per heavy atom. The van der Waals surface area contributed by atoms with Crippen LogP contribution in [0.5, 0.6) is 0 Å². The zero-order chi connectivity index (χ0) is 12.6. The van der Waals surface area contributed by atoms with Gasteiger partial charge < -0.3 is 0 Å². The molecule has 0 radical (unpaired) electrons. The quantitative estimate of drug-likeness (QED) is 0.488. The van der Waals surface area contributed by atoms with Crippen molar-refractivity contribution in [1.82, 2.24) is 0 Å². The van der Waals surface area contributed by atoms with E-state index in [1.165, 1.54) is 25.2 Å². The first kappa shape index (κ1) is 14.7. The van der Waals surface area contributed by atoms with Crippen LogP contribution in [0.15, 0.2) is 29.2 Å². The van der Waals surface area contributed by atoms with Crippen molar-refractivity contribution in [1.29, 1.82) is 0 Å². The van der Waals surface area contributed by atoms with E-state index >= 15 is 0 Å². The van der Waals surface area contributed by atoms with Gasteiger partial charge in [0.05, 0.1) is 0 Å². The molecule has 8 heteroatoms. The molecule has 0 bridgehead atoms. The predicted molar refractivity (Wildman–Crippen MR) is 48.9 cm³/mol. The van der Waals surface area contributed by atoms with Crippen LogP contribution in [0, 0.1) is 0 Å². The van der Waals surface area contributed by atoms with Gasteiger partial charge in [0.1, 0.15) is 0 Å². The maximum absolute atomic E-state index is 10.2. The van der Waals surface area contributed by atoms with Crippen molar-refractivity contribution in [3.63, 3.8) is 0 Å². The molecular formula is C8H5O6ReS-. The van der Waals surface area contributed by atoms with Crippen molar-refractivity contribution in [2.75, 3.05) is 0 Å². The molecule has 0 amide bonds. The SMILES string of the molecule is O=S(=O)(O)[c-]1cccc1.O=[C]=[Re](=[C]=O)=[C]=O. The topological polar surface area (TPSA) is 106 Å². The Kier molecular flexibility index (Phi) is 6.43. The molecule has 1 N–H and O–H groups in total. The molecule has 0 aliphatic heterocycles. The van der Waals surface area contributed by atoms with Gasteiger partial charge >= 0.3 is 42.8 Å². The molecule has 0 saturated carbocycles. The molecule has 0 unspecified atom stereocenters. The Morgan fingerprint density at radius 2 is 1.38 bits per heavy atom. The molecule has 0 fully saturated rings. The molecule has 1 rings (SSSR count). The van der Waals surface area contributed by atoms with E-state index in [0.717, 1.165) is 0 Å². The molecule has 0 saturated heterocycles. The van der Waals surface area contributed by atoms with Crippen molar-refractivity contribution in [2.45, 2.75) is 4.90 Å². The van der Waals surface area contributed by atoms with Gasteiger partial charge in [-0.05, 0) is 4.90 Å². The zero-order valence-corrected chi connectivity index (χ0v) is 11.1. The summed E-state index contributed by atoms with van der Waals surface area (Å²) in [4.78, 5) is 28.1. The van der Waals surface area contributed by atoms with Gasteiger partial charge in [-0.1, -0.05) is 0 Å². The van der Waals surface area contributed by atoms with Gasteiger partial charge in [-0.3, -0.25) is 4.55 Å². The summed E-state index contributed by atoms with van der Waals surface area (Å²) < 4.78 is 32.7. The van der Waals surface area contributed by atoms with Gasteiger partial charge in [-0.2, -0.15) is 12.1 Å². The monoisotopic (exact) mass is 416 g/mol. The molecule has 16 heavy (non-hydrogen) atoms. The Hall–Kier alpha value is -1.34. The summed E-state index contributed by atoms with van der Waals surface area (Å²) in [7, 11) is -3.96. The van der Waals surface area contributed by atoms with Crippen molar-refractivity contribution in [3.05, 3.63) is 24.3 Å². The summed E-state index contributed by atoms with van der Waals surface area (Å²) in [6.07, 6.45) is 0. The summed E-state index contributed by atoms with van der Waals surface area (Å²) in [6.45, 7) is 0. The summed E-state index contributed by atoms with van der Waals surface area (Å²) in [5.41, 5.74) is 0. The van der Waals surface area contributed by atoms with Crippen LogP contribution in [0.3, 0.4) is 0 Å². The Bertz CT molecular complexity index is 603. The average Bonchev–Trinajstić information content (AvgIpc) is 2.73. The first-order valence-electron chi connectivity index (χ1n) is 3.48. The van der Waals surface area contributed by atoms with Crippen LogP contribution in [0.1, 0.15) is 0 Å². The number of carbonyl (C=O) groups excluding carboxylic acids is 3. The van der Waals surface area contributed by atoms with Crippen LogP contribution in [0.25, 0.3) is 0 Å². The van der Waals surface area contributed by atoms with Gasteiger partial charge in [0.2, 0.25) is 10.1 Å². The maximum atomic E-state index is 10.2. The van der Waals surface area contributed by atoms with E-state index in [4.69, 9.17) is 4.55 Å². The fraction of sp³-hybridized carbons (Fsp3) is 0. The summed E-state index contributed by atoms with van der Waals surface area (Å²) in [5, 5.41) is 0. The Balaban J connectivity index is 0.000000293. The van der Waals surface area contributed by atoms with E-state index in [-0.39, 0.29) is 4.90 Å². The van der Waals surface area contributed by atoms with Crippen LogP contribution < -0.4 is 0 Å². The van der Waals surface area contributed by atoms with Crippen LogP contribution >= 0.6 is 0 Å². The second-order valence-corrected chi connectivity index (χ2v) is 7.23. The molecule has 0 atom stereocenters. The third kappa shape index (κ3) is 5.52. The van der Waals surface area contributed by atoms with Crippen LogP contribution in [-0.4, -0.2) is 26.0 Å². The molecule has 1 aromatic carbocycles. The van der Waals surface area contributed by atoms with E-state index in [2.05, 4.69) is 0 Å². The number of hydrogen-bond acceptors (Lipinski definition) is 5. The minimum absolute atomic E-state index is 0.0532. The first-order valence-corrected chi connectivity index (χ1v) is 8.99. The van der Waals surface area contributed by atoms with Crippen molar-refractivity contribution >= 4 is 23.2 Å². The van der Waals surface area contributed by atoms with Gasteiger partial charge in [-0.25, -0.2) is 20.6 Å². The summed E-state index contributed by atoms with van der Waals surface area (Å²) in [6, 6.07) is 5.75. The molecule has 0 aliphatic carbocycles. The number of hydrogen-bond donors (Lipinski definition) is 1. The normalized spacial score (nSPS) is 8.81. The van der Waals surface area contributed by atoms with E-state index in [0.29, 0.717) is 0 Å². The molecule has 0 spiro atoms. The Morgan fingerprint density at radius 3 is 1.50 bits per heavy atom. The standard InChI is InChI=1S/C5H5O3S.3CO.Re/c6-9(7,8)5-3-1-2-4-5;3*1-2;/h1-4H,(H,6,7,8);;;;/q-1;;;;. The van der Waals surface area contributed by atoms with Crippen LogP contribution in [0.4, 0.5) is 0 Å². The van der Waals surface area contributed by atoms with Gasteiger partial charge in [0.25, 0.3) is 0 Å². The van der Waals surface area contributed by atoms with Crippen LogP contribution in [0.2, 0.25) is 0 Å². The Labute approximate surface area is 95.1 Å². The summed E-state index contributed by atoms with van der Waals surface area (Å²) in [5.74, 6) is 0. The molecule has 87 valence electrons. The molecule has 6 nitrogen and oxygen atoms in total. The van der Waals surface area contributed by atoms with Crippen molar-refractivity contribution < 1.29 is 42.7 Å². The molecular weight excluding hydrogens is 410 g/mol. The zero-order valence-electron chi connectivity index (χ0n) is 7.58. The van der Waals surface area contributed by atoms with E-state index in [1.54, 1.807) is 12.1 Å². The third-order valence-electron chi connectivity index (χ3n) is 1.16. The second kappa shape index (κ2) is 7.02. The fourth-order valence-corrected chi connectivity index (χ4v) is 1.42. The molecule has 0 heterocycles. The fourth-order valence-electron chi connectivity index (χ4n) is 0.576. The van der Waals surface area contributed by atoms with Gasteiger partial charge in [0, 0.05) is 0 Å². The molecule has 1 aromatic rings. The van der Waals surface area contributed by atoms with E-state index in [9.17, 15) is 22.8 Å². The van der Waals surface area contributed by atoms with Crippen molar-refractivity contribution in [2.24, 2.45) is 0 Å². The third-order valence-corrected chi connectivity index (χ3v) is 3.69. The van der Waals surface area contributed by atoms with Crippen molar-refractivity contribution in [3.8, 4) is 0 Å². The van der Waals surface area contributed by atoms with Gasteiger partial charge in [0.15, 0.2) is 0 Å². The first-order chi connectivity index (χ1) is 7.45. The molecule has 0 aromatic heterocycles. The van der Waals surface area contributed by atoms with E-state index < -0.39 is 25.5 Å². The van der Waals surface area contributed by atoms with Gasteiger partial charge in [-0.15, -0.1) is 0 Å². The predicted octanol–water partition coefficient (Wildman–Crippen LogP) is -0.542. The summed E-state index contributed by atoms with van der Waals surface area (Å²) >= 11 is -2.97. The molecule has 0 aliphatic rings. The van der Waals surface area contributed by atoms with E-state index in [1.807, 2.05) is 0 Å². The minimum atomic E-state index is -3.96.